The maximum absolute atomic E-state index is 12.3. The summed E-state index contributed by atoms with van der Waals surface area (Å²) in [6.07, 6.45) is 0.979. The normalized spacial score (nSPS) is 11.5. The molecule has 0 radical (unpaired) electrons. The number of nitrogens with one attached hydrogen (secondary N) is 1. The van der Waals surface area contributed by atoms with Crippen molar-refractivity contribution in [3.05, 3.63) is 28.2 Å². The van der Waals surface area contributed by atoms with E-state index in [1.807, 2.05) is 0 Å². The first-order valence-electron chi connectivity index (χ1n) is 6.65. The van der Waals surface area contributed by atoms with Crippen LogP contribution < -0.4 is 15.8 Å². The second-order valence-corrected chi connectivity index (χ2v) is 5.86. The van der Waals surface area contributed by atoms with Crippen LogP contribution in [-0.2, 0) is 6.54 Å². The number of aliphatic imine (C=N–C) groups is 1. The quantitative estimate of drug-likeness (QED) is 0.342. The molecule has 0 aromatic heterocycles. The Hall–Kier alpha value is -0.640. The number of halogens is 4. The zero-order valence-corrected chi connectivity index (χ0v) is 16.4. The van der Waals surface area contributed by atoms with Gasteiger partial charge in [-0.05, 0) is 30.5 Å². The molecule has 4 nitrogen and oxygen atoms in total. The van der Waals surface area contributed by atoms with Crippen molar-refractivity contribution < 1.29 is 13.5 Å². The molecule has 0 heterocycles. The molecular weight excluding hydrogens is 471 g/mol. The van der Waals surface area contributed by atoms with E-state index in [4.69, 9.17) is 5.73 Å². The van der Waals surface area contributed by atoms with Crippen LogP contribution in [0.5, 0.6) is 5.75 Å². The molecule has 0 fully saturated rings. The summed E-state index contributed by atoms with van der Waals surface area (Å²) in [5, 5.41) is 2.99. The molecule has 0 amide bonds. The highest BCUT2D eigenvalue weighted by Crippen LogP contribution is 2.25. The molecule has 8 heteroatoms. The van der Waals surface area contributed by atoms with Gasteiger partial charge in [-0.15, -0.1) is 24.0 Å². The molecule has 22 heavy (non-hydrogen) atoms. The van der Waals surface area contributed by atoms with Crippen LogP contribution in [0.15, 0.2) is 27.7 Å². The van der Waals surface area contributed by atoms with Crippen LogP contribution in [0.25, 0.3) is 0 Å². The van der Waals surface area contributed by atoms with Gasteiger partial charge < -0.3 is 15.8 Å². The highest BCUT2D eigenvalue weighted by Gasteiger charge is 2.10. The van der Waals surface area contributed by atoms with Crippen molar-refractivity contribution in [1.82, 2.24) is 5.32 Å². The summed E-state index contributed by atoms with van der Waals surface area (Å²) in [5.74, 6) is 0.965. The lowest BCUT2D eigenvalue weighted by Gasteiger charge is -2.11. The topological polar surface area (TPSA) is 59.6 Å². The minimum atomic E-state index is -2.87. The van der Waals surface area contributed by atoms with Gasteiger partial charge in [-0.1, -0.05) is 29.8 Å². The van der Waals surface area contributed by atoms with Crippen molar-refractivity contribution in [2.24, 2.45) is 16.6 Å². The number of hydrogen-bond acceptors (Lipinski definition) is 2. The lowest BCUT2D eigenvalue weighted by molar-refractivity contribution is -0.0504. The molecule has 0 saturated carbocycles. The van der Waals surface area contributed by atoms with Crippen LogP contribution in [0.2, 0.25) is 0 Å². The van der Waals surface area contributed by atoms with Crippen LogP contribution in [-0.4, -0.2) is 19.1 Å². The fourth-order valence-electron chi connectivity index (χ4n) is 1.60. The van der Waals surface area contributed by atoms with E-state index in [2.05, 4.69) is 44.8 Å². The van der Waals surface area contributed by atoms with E-state index >= 15 is 0 Å². The first-order chi connectivity index (χ1) is 9.88. The van der Waals surface area contributed by atoms with Crippen LogP contribution in [0.4, 0.5) is 8.78 Å². The fraction of sp³-hybridized carbons (Fsp3) is 0.500. The smallest absolute Gasteiger partial charge is 0.387 e. The van der Waals surface area contributed by atoms with Crippen molar-refractivity contribution in [2.45, 2.75) is 33.4 Å². The van der Waals surface area contributed by atoms with Crippen LogP contribution >= 0.6 is 39.9 Å². The Kier molecular flexibility index (Phi) is 10.7. The molecule has 0 aliphatic heterocycles. The predicted octanol–water partition coefficient (Wildman–Crippen LogP) is 4.12. The second-order valence-electron chi connectivity index (χ2n) is 4.94. The van der Waals surface area contributed by atoms with Gasteiger partial charge in [-0.2, -0.15) is 8.78 Å². The van der Waals surface area contributed by atoms with Gasteiger partial charge in [0.15, 0.2) is 5.96 Å². The van der Waals surface area contributed by atoms with Crippen molar-refractivity contribution in [3.63, 3.8) is 0 Å². The van der Waals surface area contributed by atoms with Gasteiger partial charge in [0.05, 0.1) is 6.54 Å². The summed E-state index contributed by atoms with van der Waals surface area (Å²) in [7, 11) is 0. The first kappa shape index (κ1) is 21.4. The summed E-state index contributed by atoms with van der Waals surface area (Å²) < 4.78 is 29.9. The maximum Gasteiger partial charge on any atom is 0.387 e. The number of guanidine groups is 1. The third-order valence-corrected chi connectivity index (χ3v) is 3.18. The van der Waals surface area contributed by atoms with Gasteiger partial charge in [0, 0.05) is 16.6 Å². The van der Waals surface area contributed by atoms with Crippen LogP contribution in [0, 0.1) is 5.92 Å². The molecule has 0 aliphatic rings. The largest absolute Gasteiger partial charge is 0.434 e. The molecule has 1 aromatic carbocycles. The highest BCUT2D eigenvalue weighted by molar-refractivity contribution is 14.0. The highest BCUT2D eigenvalue weighted by atomic mass is 127. The zero-order valence-electron chi connectivity index (χ0n) is 12.5. The number of benzene rings is 1. The van der Waals surface area contributed by atoms with Gasteiger partial charge in [0.2, 0.25) is 0 Å². The van der Waals surface area contributed by atoms with Gasteiger partial charge in [-0.3, -0.25) is 0 Å². The van der Waals surface area contributed by atoms with Gasteiger partial charge in [0.25, 0.3) is 0 Å². The summed E-state index contributed by atoms with van der Waals surface area (Å²) in [6.45, 7) is 2.26. The number of hydrogen-bond donors (Lipinski definition) is 2. The van der Waals surface area contributed by atoms with E-state index < -0.39 is 6.61 Å². The molecule has 0 aliphatic carbocycles. The lowest BCUT2D eigenvalue weighted by atomic mass is 10.1. The van der Waals surface area contributed by atoms with E-state index in [0.717, 1.165) is 17.4 Å². The third kappa shape index (κ3) is 8.72. The molecule has 0 atom stereocenters. The third-order valence-electron chi connectivity index (χ3n) is 2.69. The second kappa shape index (κ2) is 11.0. The Morgan fingerprint density at radius 1 is 1.41 bits per heavy atom. The number of nitrogens with two attached hydrogens (primary N) is 1. The first-order valence-corrected chi connectivity index (χ1v) is 7.44. The van der Waals surface area contributed by atoms with Crippen molar-refractivity contribution >= 4 is 45.9 Å². The number of alkyl halides is 2. The monoisotopic (exact) mass is 491 g/mol. The van der Waals surface area contributed by atoms with Gasteiger partial charge in [-0.25, -0.2) is 4.99 Å². The standard InChI is InChI=1S/C14H20BrF2N3O.HI/c1-9(2)5-6-19-14(18)20-8-10-7-11(15)3-4-12(10)21-13(16)17;/h3-4,7,9,13H,5-6,8H2,1-2H3,(H3,18,19,20);1H. The van der Waals surface area contributed by atoms with Crippen LogP contribution in [0.1, 0.15) is 25.8 Å². The molecule has 0 unspecified atom stereocenters. The van der Waals surface area contributed by atoms with Crippen molar-refractivity contribution in [2.75, 3.05) is 6.54 Å². The molecule has 0 bridgehead atoms. The Morgan fingerprint density at radius 2 is 2.09 bits per heavy atom. The molecular formula is C14H21BrF2IN3O. The van der Waals surface area contributed by atoms with Crippen LogP contribution in [0.3, 0.4) is 0 Å². The summed E-state index contributed by atoms with van der Waals surface area (Å²) in [4.78, 5) is 4.14. The molecule has 3 N–H and O–H groups in total. The SMILES string of the molecule is CC(C)CCNC(N)=NCc1cc(Br)ccc1OC(F)F.I. The number of ether oxygens (including phenoxy) is 1. The van der Waals surface area contributed by atoms with Gasteiger partial charge in [0.1, 0.15) is 5.75 Å². The molecule has 1 rings (SSSR count). The Morgan fingerprint density at radius 3 is 2.68 bits per heavy atom. The molecule has 126 valence electrons. The van der Waals surface area contributed by atoms with E-state index in [1.54, 1.807) is 12.1 Å². The number of rotatable bonds is 7. The summed E-state index contributed by atoms with van der Waals surface area (Å²) >= 11 is 3.29. The lowest BCUT2D eigenvalue weighted by Crippen LogP contribution is -2.32. The fourth-order valence-corrected chi connectivity index (χ4v) is 2.01. The maximum atomic E-state index is 12.3. The zero-order chi connectivity index (χ0) is 15.8. The molecule has 0 spiro atoms. The average Bonchev–Trinajstić information content (AvgIpc) is 2.38. The number of nitrogens with zero attached hydrogens (tertiary/aromatic N) is 1. The van der Waals surface area contributed by atoms with E-state index in [9.17, 15) is 8.78 Å². The summed E-state index contributed by atoms with van der Waals surface area (Å²) in [6, 6.07) is 4.79. The molecule has 1 aromatic rings. The minimum Gasteiger partial charge on any atom is -0.434 e. The minimum absolute atomic E-state index is 0. The van der Waals surface area contributed by atoms with Crippen molar-refractivity contribution in [3.8, 4) is 5.75 Å². The predicted molar refractivity (Wildman–Crippen MR) is 99.0 cm³/mol. The Labute approximate surface area is 155 Å². The average molecular weight is 492 g/mol. The summed E-state index contributed by atoms with van der Waals surface area (Å²) in [5.41, 5.74) is 6.28. The van der Waals surface area contributed by atoms with E-state index in [1.165, 1.54) is 6.07 Å². The Bertz CT molecular complexity index is 487. The van der Waals surface area contributed by atoms with Crippen molar-refractivity contribution in [1.29, 1.82) is 0 Å². The van der Waals surface area contributed by atoms with E-state index in [0.29, 0.717) is 17.4 Å². The van der Waals surface area contributed by atoms with Gasteiger partial charge >= 0.3 is 6.61 Å². The molecule has 0 saturated heterocycles. The van der Waals surface area contributed by atoms with E-state index in [-0.39, 0.29) is 36.3 Å². The Balaban J connectivity index is 0.00000441.